The smallest absolute Gasteiger partial charge is 0.283 e. The molecule has 0 saturated carbocycles. The van der Waals surface area contributed by atoms with E-state index in [1.54, 1.807) is 10.9 Å². The van der Waals surface area contributed by atoms with Gasteiger partial charge in [-0.05, 0) is 6.07 Å². The molecule has 0 fully saturated rings. The number of carbonyl (C=O) groups excluding carboxylic acids is 2. The van der Waals surface area contributed by atoms with E-state index in [0.717, 1.165) is 6.07 Å². The first-order chi connectivity index (χ1) is 8.02. The number of benzene rings is 1. The van der Waals surface area contributed by atoms with Crippen LogP contribution in [0.5, 0.6) is 0 Å². The van der Waals surface area contributed by atoms with Gasteiger partial charge in [0.05, 0.1) is 10.5 Å². The Morgan fingerprint density at radius 3 is 2.24 bits per heavy atom. The summed E-state index contributed by atoms with van der Waals surface area (Å²) >= 11 is 0. The minimum Gasteiger partial charge on any atom is -0.290 e. The summed E-state index contributed by atoms with van der Waals surface area (Å²) in [7, 11) is 0. The van der Waals surface area contributed by atoms with E-state index in [1.807, 2.05) is 0 Å². The van der Waals surface area contributed by atoms with Crippen molar-refractivity contribution in [2.75, 3.05) is 0 Å². The highest BCUT2D eigenvalue weighted by molar-refractivity contribution is 6.09. The minimum atomic E-state index is -0.948. The van der Waals surface area contributed by atoms with E-state index in [9.17, 15) is 19.7 Å². The largest absolute Gasteiger partial charge is 0.290 e. The Bertz CT molecular complexity index is 487. The molecule has 0 aliphatic heterocycles. The monoisotopic (exact) mass is 239 g/mol. The second-order valence-electron chi connectivity index (χ2n) is 2.90. The van der Waals surface area contributed by atoms with Crippen LogP contribution in [0.2, 0.25) is 0 Å². The molecule has 0 radical (unpaired) electrons. The van der Waals surface area contributed by atoms with Gasteiger partial charge in [-0.3, -0.25) is 30.6 Å². The molecular formula is C8H9N5O4. The number of nitrogens with two attached hydrogens (primary N) is 2. The Kier molecular flexibility index (Phi) is 3.70. The van der Waals surface area contributed by atoms with Gasteiger partial charge >= 0.3 is 0 Å². The van der Waals surface area contributed by atoms with Crippen molar-refractivity contribution >= 4 is 17.5 Å². The lowest BCUT2D eigenvalue weighted by Crippen LogP contribution is -2.35. The highest BCUT2D eigenvalue weighted by Gasteiger charge is 2.26. The summed E-state index contributed by atoms with van der Waals surface area (Å²) in [5.74, 6) is 8.03. The Balaban J connectivity index is 3.50. The van der Waals surface area contributed by atoms with Crippen LogP contribution in [0, 0.1) is 10.1 Å². The van der Waals surface area contributed by atoms with Crippen LogP contribution in [0.3, 0.4) is 0 Å². The maximum absolute atomic E-state index is 11.4. The molecule has 0 aliphatic carbocycles. The van der Waals surface area contributed by atoms with Crippen LogP contribution in [-0.2, 0) is 0 Å². The van der Waals surface area contributed by atoms with Gasteiger partial charge in [-0.2, -0.15) is 0 Å². The van der Waals surface area contributed by atoms with Crippen LogP contribution in [0.4, 0.5) is 5.69 Å². The predicted molar refractivity (Wildman–Crippen MR) is 56.4 cm³/mol. The number of nitrogens with zero attached hydrogens (tertiary/aromatic N) is 1. The lowest BCUT2D eigenvalue weighted by atomic mass is 10.0. The van der Waals surface area contributed by atoms with E-state index in [0.29, 0.717) is 0 Å². The molecule has 0 aliphatic rings. The first kappa shape index (κ1) is 12.5. The van der Waals surface area contributed by atoms with Crippen LogP contribution in [0.15, 0.2) is 18.2 Å². The van der Waals surface area contributed by atoms with Crippen molar-refractivity contribution in [3.8, 4) is 0 Å². The number of carbonyl (C=O) groups is 2. The number of nitro groups is 1. The van der Waals surface area contributed by atoms with Crippen molar-refractivity contribution in [3.63, 3.8) is 0 Å². The third kappa shape index (κ3) is 2.35. The van der Waals surface area contributed by atoms with Gasteiger partial charge in [0.25, 0.3) is 17.5 Å². The molecule has 17 heavy (non-hydrogen) atoms. The lowest BCUT2D eigenvalue weighted by molar-refractivity contribution is -0.385. The fourth-order valence-corrected chi connectivity index (χ4v) is 1.27. The molecule has 0 aromatic heterocycles. The summed E-state index contributed by atoms with van der Waals surface area (Å²) in [6.07, 6.45) is 0. The number of amides is 2. The van der Waals surface area contributed by atoms with Crippen LogP contribution in [0.1, 0.15) is 20.7 Å². The van der Waals surface area contributed by atoms with Gasteiger partial charge in [0.15, 0.2) is 0 Å². The van der Waals surface area contributed by atoms with Crippen molar-refractivity contribution in [3.05, 3.63) is 39.4 Å². The third-order valence-electron chi connectivity index (χ3n) is 1.97. The van der Waals surface area contributed by atoms with Gasteiger partial charge in [0.2, 0.25) is 0 Å². The molecule has 0 heterocycles. The SMILES string of the molecule is NNC(=O)c1cccc([N+](=O)[O-])c1C(=O)NN. The van der Waals surface area contributed by atoms with E-state index in [1.165, 1.54) is 12.1 Å². The summed E-state index contributed by atoms with van der Waals surface area (Å²) in [6.45, 7) is 0. The third-order valence-corrected chi connectivity index (χ3v) is 1.97. The Labute approximate surface area is 94.9 Å². The Hall–Kier alpha value is -2.52. The fraction of sp³-hybridized carbons (Fsp3) is 0. The van der Waals surface area contributed by atoms with E-state index in [-0.39, 0.29) is 5.56 Å². The van der Waals surface area contributed by atoms with E-state index in [2.05, 4.69) is 0 Å². The molecule has 0 unspecified atom stereocenters. The van der Waals surface area contributed by atoms with Crippen molar-refractivity contribution in [1.29, 1.82) is 0 Å². The van der Waals surface area contributed by atoms with Crippen LogP contribution in [0.25, 0.3) is 0 Å². The fourth-order valence-electron chi connectivity index (χ4n) is 1.27. The molecule has 9 nitrogen and oxygen atoms in total. The van der Waals surface area contributed by atoms with Crippen LogP contribution < -0.4 is 22.5 Å². The highest BCUT2D eigenvalue weighted by atomic mass is 16.6. The molecule has 90 valence electrons. The summed E-state index contributed by atoms with van der Waals surface area (Å²) in [5.41, 5.74) is 2.31. The summed E-state index contributed by atoms with van der Waals surface area (Å²) in [5, 5.41) is 10.7. The number of nitrogen functional groups attached to an aromatic ring is 2. The molecule has 0 atom stereocenters. The highest BCUT2D eigenvalue weighted by Crippen LogP contribution is 2.22. The van der Waals surface area contributed by atoms with Gasteiger partial charge in [-0.15, -0.1) is 0 Å². The van der Waals surface area contributed by atoms with E-state index < -0.39 is 28.0 Å². The predicted octanol–water partition coefficient (Wildman–Crippen LogP) is -1.20. The average Bonchev–Trinajstić information content (AvgIpc) is 2.35. The molecule has 1 aromatic carbocycles. The normalized spacial score (nSPS) is 9.53. The van der Waals surface area contributed by atoms with Gasteiger partial charge in [-0.1, -0.05) is 6.07 Å². The van der Waals surface area contributed by atoms with E-state index >= 15 is 0 Å². The number of hydrazine groups is 2. The van der Waals surface area contributed by atoms with Crippen LogP contribution in [-0.4, -0.2) is 16.7 Å². The summed E-state index contributed by atoms with van der Waals surface area (Å²) < 4.78 is 0. The molecule has 9 heteroatoms. The summed E-state index contributed by atoms with van der Waals surface area (Å²) in [6, 6.07) is 3.56. The number of hydrogen-bond donors (Lipinski definition) is 4. The van der Waals surface area contributed by atoms with Crippen molar-refractivity contribution in [2.45, 2.75) is 0 Å². The topological polar surface area (TPSA) is 153 Å². The minimum absolute atomic E-state index is 0.232. The molecular weight excluding hydrogens is 230 g/mol. The molecule has 0 spiro atoms. The van der Waals surface area contributed by atoms with Gasteiger partial charge in [0.1, 0.15) is 5.56 Å². The van der Waals surface area contributed by atoms with Gasteiger partial charge in [-0.25, -0.2) is 11.7 Å². The maximum Gasteiger partial charge on any atom is 0.283 e. The number of nitrogens with one attached hydrogen (secondary N) is 2. The standard InChI is InChI=1S/C8H9N5O4/c9-11-7(14)4-2-1-3-5(13(16)17)6(4)8(15)12-10/h1-3H,9-10H2,(H,11,14)(H,12,15). The lowest BCUT2D eigenvalue weighted by Gasteiger charge is -2.07. The van der Waals surface area contributed by atoms with Gasteiger partial charge < -0.3 is 0 Å². The molecule has 6 N–H and O–H groups in total. The maximum atomic E-state index is 11.4. The molecule has 0 saturated heterocycles. The Morgan fingerprint density at radius 1 is 1.18 bits per heavy atom. The Morgan fingerprint density at radius 2 is 1.76 bits per heavy atom. The molecule has 1 rings (SSSR count). The average molecular weight is 239 g/mol. The molecule has 2 amide bonds. The first-order valence-electron chi connectivity index (χ1n) is 4.32. The zero-order chi connectivity index (χ0) is 13.0. The van der Waals surface area contributed by atoms with Crippen molar-refractivity contribution in [2.24, 2.45) is 11.7 Å². The van der Waals surface area contributed by atoms with Crippen molar-refractivity contribution in [1.82, 2.24) is 10.9 Å². The van der Waals surface area contributed by atoms with Crippen molar-refractivity contribution < 1.29 is 14.5 Å². The zero-order valence-electron chi connectivity index (χ0n) is 8.47. The summed E-state index contributed by atoms with van der Waals surface area (Å²) in [4.78, 5) is 32.7. The molecule has 0 bridgehead atoms. The number of hydrogen-bond acceptors (Lipinski definition) is 6. The number of rotatable bonds is 3. The quantitative estimate of drug-likeness (QED) is 0.225. The molecule has 1 aromatic rings. The van der Waals surface area contributed by atoms with Gasteiger partial charge in [0, 0.05) is 6.07 Å². The first-order valence-corrected chi connectivity index (χ1v) is 4.32. The van der Waals surface area contributed by atoms with Crippen LogP contribution >= 0.6 is 0 Å². The second-order valence-corrected chi connectivity index (χ2v) is 2.90. The van der Waals surface area contributed by atoms with E-state index in [4.69, 9.17) is 11.7 Å². The number of nitro benzene ring substituents is 1. The zero-order valence-corrected chi connectivity index (χ0v) is 8.47. The second kappa shape index (κ2) is 5.01.